The highest BCUT2D eigenvalue weighted by Crippen LogP contribution is 1.99. The maximum Gasteiger partial charge on any atom is 0.267 e. The molecule has 0 aliphatic carbocycles. The summed E-state index contributed by atoms with van der Waals surface area (Å²) < 4.78 is 30.3. The molecule has 1 rings (SSSR count). The first-order valence-electron chi connectivity index (χ1n) is 4.83. The van der Waals surface area contributed by atoms with Crippen LogP contribution >= 0.6 is 0 Å². The zero-order valence-electron chi connectivity index (χ0n) is 9.09. The maximum atomic E-state index is 11.0. The molecular formula is C9H17N2O3S+. The Morgan fingerprint density at radius 3 is 2.67 bits per heavy atom. The van der Waals surface area contributed by atoms with E-state index in [1.807, 2.05) is 34.9 Å². The van der Waals surface area contributed by atoms with Gasteiger partial charge in [0, 0.05) is 0 Å². The smallest absolute Gasteiger partial charge is 0.267 e. The first-order chi connectivity index (χ1) is 7.03. The minimum atomic E-state index is -3.28. The molecule has 5 nitrogen and oxygen atoms in total. The highest BCUT2D eigenvalue weighted by molar-refractivity contribution is 7.86. The molecule has 0 saturated carbocycles. The monoisotopic (exact) mass is 233 g/mol. The molecule has 86 valence electrons. The number of nitrogens with zero attached hydrogens (tertiary/aromatic N) is 2. The Bertz CT molecular complexity index is 397. The molecule has 1 heterocycles. The summed E-state index contributed by atoms with van der Waals surface area (Å²) >= 11 is 0. The molecule has 1 aromatic heterocycles. The van der Waals surface area contributed by atoms with E-state index in [1.54, 1.807) is 0 Å². The van der Waals surface area contributed by atoms with Gasteiger partial charge in [-0.05, 0) is 12.8 Å². The standard InChI is InChI=1S/C9H17N2O3S/c1-10-6-7-11(9-10)5-3-4-8-15(12,13)14-2/h6-7,9H,3-5,8H2,1-2H3/q+1. The number of aromatic nitrogens is 2. The molecule has 0 saturated heterocycles. The molecule has 0 N–H and O–H groups in total. The first-order valence-corrected chi connectivity index (χ1v) is 6.40. The van der Waals surface area contributed by atoms with Crippen LogP contribution in [0, 0.1) is 0 Å². The summed E-state index contributed by atoms with van der Waals surface area (Å²) in [5.41, 5.74) is 0. The molecule has 0 atom stereocenters. The van der Waals surface area contributed by atoms with Crippen LogP contribution in [0.5, 0.6) is 0 Å². The van der Waals surface area contributed by atoms with Crippen LogP contribution in [0.25, 0.3) is 0 Å². The van der Waals surface area contributed by atoms with Gasteiger partial charge in [-0.3, -0.25) is 4.18 Å². The van der Waals surface area contributed by atoms with Crippen molar-refractivity contribution in [3.05, 3.63) is 18.7 Å². The molecular weight excluding hydrogens is 216 g/mol. The van der Waals surface area contributed by atoms with E-state index in [-0.39, 0.29) is 5.75 Å². The Balaban J connectivity index is 2.23. The van der Waals surface area contributed by atoms with Crippen molar-refractivity contribution in [1.82, 2.24) is 4.57 Å². The topological polar surface area (TPSA) is 52.2 Å². The summed E-state index contributed by atoms with van der Waals surface area (Å²) in [4.78, 5) is 0. The van der Waals surface area contributed by atoms with E-state index in [2.05, 4.69) is 4.18 Å². The lowest BCUT2D eigenvalue weighted by Gasteiger charge is -1.99. The molecule has 0 amide bonds. The third-order valence-electron chi connectivity index (χ3n) is 2.14. The molecule has 0 spiro atoms. The van der Waals surface area contributed by atoms with Gasteiger partial charge in [0.25, 0.3) is 10.1 Å². The van der Waals surface area contributed by atoms with Crippen molar-refractivity contribution in [2.75, 3.05) is 12.9 Å². The summed E-state index contributed by atoms with van der Waals surface area (Å²) in [5.74, 6) is 0.0941. The van der Waals surface area contributed by atoms with Gasteiger partial charge in [0.05, 0.1) is 26.5 Å². The van der Waals surface area contributed by atoms with Gasteiger partial charge in [-0.1, -0.05) is 0 Å². The molecule has 0 aromatic carbocycles. The van der Waals surface area contributed by atoms with Crippen molar-refractivity contribution in [2.24, 2.45) is 7.05 Å². The lowest BCUT2D eigenvalue weighted by Crippen LogP contribution is -2.23. The van der Waals surface area contributed by atoms with Crippen LogP contribution < -0.4 is 4.57 Å². The lowest BCUT2D eigenvalue weighted by molar-refractivity contribution is -0.671. The number of hydrogen-bond donors (Lipinski definition) is 0. The number of hydrogen-bond acceptors (Lipinski definition) is 3. The molecule has 15 heavy (non-hydrogen) atoms. The van der Waals surface area contributed by atoms with Crippen LogP contribution in [0.3, 0.4) is 0 Å². The van der Waals surface area contributed by atoms with Crippen molar-refractivity contribution in [1.29, 1.82) is 0 Å². The summed E-state index contributed by atoms with van der Waals surface area (Å²) in [5, 5.41) is 0. The molecule has 1 aromatic rings. The number of unbranched alkanes of at least 4 members (excludes halogenated alkanes) is 1. The maximum absolute atomic E-state index is 11.0. The van der Waals surface area contributed by atoms with Gasteiger partial charge >= 0.3 is 0 Å². The quantitative estimate of drug-likeness (QED) is 0.397. The fourth-order valence-corrected chi connectivity index (χ4v) is 2.01. The third-order valence-corrected chi connectivity index (χ3v) is 3.43. The third kappa shape index (κ3) is 4.44. The molecule has 0 unspecified atom stereocenters. The Hall–Kier alpha value is -0.880. The van der Waals surface area contributed by atoms with Gasteiger partial charge in [0.2, 0.25) is 6.33 Å². The van der Waals surface area contributed by atoms with Crippen LogP contribution in [0.1, 0.15) is 12.8 Å². The largest absolute Gasteiger partial charge is 0.273 e. The molecule has 0 aliphatic rings. The Kier molecular flexibility index (Phi) is 4.28. The lowest BCUT2D eigenvalue weighted by atomic mass is 10.3. The Labute approximate surface area is 90.4 Å². The molecule has 0 aliphatic heterocycles. The van der Waals surface area contributed by atoms with Gasteiger partial charge in [0.1, 0.15) is 12.4 Å². The van der Waals surface area contributed by atoms with Gasteiger partial charge < -0.3 is 0 Å². The normalized spacial score (nSPS) is 11.9. The summed E-state index contributed by atoms with van der Waals surface area (Å²) in [6, 6.07) is 0. The second-order valence-electron chi connectivity index (χ2n) is 3.45. The van der Waals surface area contributed by atoms with E-state index in [1.165, 1.54) is 7.11 Å². The zero-order chi connectivity index (χ0) is 11.3. The highest BCUT2D eigenvalue weighted by atomic mass is 32.2. The molecule has 6 heteroatoms. The number of rotatable bonds is 6. The summed E-state index contributed by atoms with van der Waals surface area (Å²) in [6.45, 7) is 0.833. The van der Waals surface area contributed by atoms with E-state index in [9.17, 15) is 8.42 Å². The summed E-state index contributed by atoms with van der Waals surface area (Å²) in [6.07, 6.45) is 7.33. The predicted octanol–water partition coefficient (Wildman–Crippen LogP) is 0.0690. The van der Waals surface area contributed by atoms with Crippen LogP contribution in [-0.2, 0) is 27.9 Å². The number of imidazole rings is 1. The van der Waals surface area contributed by atoms with Crippen molar-refractivity contribution in [3.63, 3.8) is 0 Å². The fourth-order valence-electron chi connectivity index (χ4n) is 1.29. The van der Waals surface area contributed by atoms with Crippen LogP contribution in [0.15, 0.2) is 18.7 Å². The van der Waals surface area contributed by atoms with Crippen molar-refractivity contribution in [3.8, 4) is 0 Å². The van der Waals surface area contributed by atoms with E-state index in [0.717, 1.165) is 13.0 Å². The van der Waals surface area contributed by atoms with E-state index < -0.39 is 10.1 Å². The van der Waals surface area contributed by atoms with Crippen molar-refractivity contribution < 1.29 is 17.2 Å². The molecule has 0 bridgehead atoms. The van der Waals surface area contributed by atoms with Crippen molar-refractivity contribution >= 4 is 10.1 Å². The van der Waals surface area contributed by atoms with E-state index >= 15 is 0 Å². The highest BCUT2D eigenvalue weighted by Gasteiger charge is 2.08. The Morgan fingerprint density at radius 2 is 2.13 bits per heavy atom. The molecule has 0 radical (unpaired) electrons. The van der Waals surface area contributed by atoms with Crippen LogP contribution in [-0.4, -0.2) is 25.8 Å². The average Bonchev–Trinajstić information content (AvgIpc) is 2.59. The van der Waals surface area contributed by atoms with Gasteiger partial charge in [-0.25, -0.2) is 9.13 Å². The number of aryl methyl sites for hydroxylation is 2. The van der Waals surface area contributed by atoms with E-state index in [4.69, 9.17) is 0 Å². The fraction of sp³-hybridized carbons (Fsp3) is 0.667. The average molecular weight is 233 g/mol. The van der Waals surface area contributed by atoms with Gasteiger partial charge in [-0.2, -0.15) is 8.42 Å². The minimum absolute atomic E-state index is 0.0941. The van der Waals surface area contributed by atoms with Gasteiger partial charge in [-0.15, -0.1) is 0 Å². The second-order valence-corrected chi connectivity index (χ2v) is 5.31. The molecule has 0 fully saturated rings. The van der Waals surface area contributed by atoms with Gasteiger partial charge in [0.15, 0.2) is 0 Å². The second kappa shape index (κ2) is 5.27. The van der Waals surface area contributed by atoms with Crippen LogP contribution in [0.4, 0.5) is 0 Å². The minimum Gasteiger partial charge on any atom is -0.273 e. The van der Waals surface area contributed by atoms with Crippen molar-refractivity contribution in [2.45, 2.75) is 19.4 Å². The Morgan fingerprint density at radius 1 is 1.40 bits per heavy atom. The first kappa shape index (κ1) is 12.2. The van der Waals surface area contributed by atoms with Crippen LogP contribution in [0.2, 0.25) is 0 Å². The summed E-state index contributed by atoms with van der Waals surface area (Å²) in [7, 11) is -0.137. The zero-order valence-corrected chi connectivity index (χ0v) is 9.90. The predicted molar refractivity (Wildman–Crippen MR) is 55.6 cm³/mol. The van der Waals surface area contributed by atoms with E-state index in [0.29, 0.717) is 6.42 Å². The SMILES string of the molecule is COS(=O)(=O)CCCCn1cc[n+](C)c1.